The molecule has 1 heterocycles. The SMILES string of the molecule is CC1CCCC1C(O)C1CC(C)(C)OC1(C)C. The third-order valence-corrected chi connectivity index (χ3v) is 4.92. The van der Waals surface area contributed by atoms with Crippen molar-refractivity contribution in [1.29, 1.82) is 0 Å². The van der Waals surface area contributed by atoms with Gasteiger partial charge < -0.3 is 9.84 Å². The molecular weight excluding hydrogens is 212 g/mol. The second-order valence-electron chi connectivity index (χ2n) is 7.34. The molecule has 2 nitrogen and oxygen atoms in total. The number of aliphatic hydroxyl groups is 1. The molecule has 1 saturated carbocycles. The van der Waals surface area contributed by atoms with Crippen LogP contribution >= 0.6 is 0 Å². The molecule has 2 fully saturated rings. The predicted octanol–water partition coefficient (Wildman–Crippen LogP) is 3.38. The number of rotatable bonds is 2. The fourth-order valence-corrected chi connectivity index (χ4v) is 4.12. The monoisotopic (exact) mass is 240 g/mol. The third-order valence-electron chi connectivity index (χ3n) is 4.92. The Hall–Kier alpha value is -0.0800. The molecule has 0 aromatic rings. The lowest BCUT2D eigenvalue weighted by Crippen LogP contribution is -2.40. The van der Waals surface area contributed by atoms with Gasteiger partial charge in [-0.2, -0.15) is 0 Å². The molecule has 100 valence electrons. The van der Waals surface area contributed by atoms with Gasteiger partial charge in [-0.1, -0.05) is 19.8 Å². The summed E-state index contributed by atoms with van der Waals surface area (Å²) in [6, 6.07) is 0. The van der Waals surface area contributed by atoms with Crippen molar-refractivity contribution in [2.24, 2.45) is 17.8 Å². The molecule has 0 aromatic carbocycles. The Labute approximate surface area is 106 Å². The zero-order valence-corrected chi connectivity index (χ0v) is 12.0. The van der Waals surface area contributed by atoms with E-state index in [0.29, 0.717) is 11.8 Å². The van der Waals surface area contributed by atoms with E-state index >= 15 is 0 Å². The molecule has 4 atom stereocenters. The van der Waals surface area contributed by atoms with Crippen LogP contribution in [-0.4, -0.2) is 22.4 Å². The third kappa shape index (κ3) is 2.53. The molecule has 1 aliphatic carbocycles. The maximum Gasteiger partial charge on any atom is 0.0687 e. The van der Waals surface area contributed by atoms with Crippen molar-refractivity contribution in [3.8, 4) is 0 Å². The second kappa shape index (κ2) is 4.24. The molecule has 1 aliphatic heterocycles. The topological polar surface area (TPSA) is 29.5 Å². The highest BCUT2D eigenvalue weighted by atomic mass is 16.5. The normalized spacial score (nSPS) is 41.6. The highest BCUT2D eigenvalue weighted by Gasteiger charge is 2.51. The number of ether oxygens (including phenoxy) is 1. The van der Waals surface area contributed by atoms with Gasteiger partial charge in [-0.25, -0.2) is 0 Å². The Bertz CT molecular complexity index is 283. The van der Waals surface area contributed by atoms with Crippen LogP contribution < -0.4 is 0 Å². The highest BCUT2D eigenvalue weighted by Crippen LogP contribution is 2.47. The van der Waals surface area contributed by atoms with Crippen LogP contribution in [0.2, 0.25) is 0 Å². The lowest BCUT2D eigenvalue weighted by Gasteiger charge is -2.34. The van der Waals surface area contributed by atoms with Crippen molar-refractivity contribution in [2.75, 3.05) is 0 Å². The Morgan fingerprint density at radius 1 is 1.18 bits per heavy atom. The minimum absolute atomic E-state index is 0.0863. The minimum Gasteiger partial charge on any atom is -0.392 e. The summed E-state index contributed by atoms with van der Waals surface area (Å²) in [5.74, 6) is 1.43. The molecule has 0 radical (unpaired) electrons. The van der Waals surface area contributed by atoms with E-state index in [-0.39, 0.29) is 23.2 Å². The van der Waals surface area contributed by atoms with Crippen LogP contribution in [0.15, 0.2) is 0 Å². The van der Waals surface area contributed by atoms with Crippen LogP contribution in [0.4, 0.5) is 0 Å². The largest absolute Gasteiger partial charge is 0.392 e. The van der Waals surface area contributed by atoms with Gasteiger partial charge in [-0.15, -0.1) is 0 Å². The molecule has 17 heavy (non-hydrogen) atoms. The Kier molecular flexibility index (Phi) is 3.33. The molecular formula is C15H28O2. The van der Waals surface area contributed by atoms with E-state index in [9.17, 15) is 5.11 Å². The minimum atomic E-state index is -0.190. The Balaban J connectivity index is 2.11. The fourth-order valence-electron chi connectivity index (χ4n) is 4.12. The van der Waals surface area contributed by atoms with Crippen LogP contribution in [0.3, 0.4) is 0 Å². The first kappa shape index (κ1) is 13.4. The maximum atomic E-state index is 10.7. The van der Waals surface area contributed by atoms with E-state index in [1.165, 1.54) is 19.3 Å². The van der Waals surface area contributed by atoms with Gasteiger partial charge in [0.1, 0.15) is 0 Å². The van der Waals surface area contributed by atoms with E-state index in [2.05, 4.69) is 34.6 Å². The van der Waals surface area contributed by atoms with Gasteiger partial charge in [0.15, 0.2) is 0 Å². The molecule has 0 bridgehead atoms. The van der Waals surface area contributed by atoms with Crippen molar-refractivity contribution in [3.63, 3.8) is 0 Å². The molecule has 2 heteroatoms. The van der Waals surface area contributed by atoms with E-state index in [1.54, 1.807) is 0 Å². The molecule has 2 rings (SSSR count). The lowest BCUT2D eigenvalue weighted by molar-refractivity contribution is -0.0952. The summed E-state index contributed by atoms with van der Waals surface area (Å²) < 4.78 is 6.10. The zero-order valence-electron chi connectivity index (χ0n) is 12.0. The average molecular weight is 240 g/mol. The van der Waals surface area contributed by atoms with Gasteiger partial charge in [0, 0.05) is 5.92 Å². The molecule has 0 amide bonds. The van der Waals surface area contributed by atoms with Gasteiger partial charge >= 0.3 is 0 Å². The quantitative estimate of drug-likeness (QED) is 0.802. The van der Waals surface area contributed by atoms with Crippen LogP contribution in [-0.2, 0) is 4.74 Å². The lowest BCUT2D eigenvalue weighted by atomic mass is 9.76. The van der Waals surface area contributed by atoms with Crippen LogP contribution in [0.1, 0.15) is 60.3 Å². The van der Waals surface area contributed by atoms with Crippen molar-refractivity contribution in [1.82, 2.24) is 0 Å². The van der Waals surface area contributed by atoms with E-state index in [0.717, 1.165) is 6.42 Å². The number of hydrogen-bond donors (Lipinski definition) is 1. The van der Waals surface area contributed by atoms with Crippen molar-refractivity contribution < 1.29 is 9.84 Å². The first-order chi connectivity index (χ1) is 7.73. The Morgan fingerprint density at radius 3 is 2.24 bits per heavy atom. The maximum absolute atomic E-state index is 10.7. The highest BCUT2D eigenvalue weighted by molar-refractivity contribution is 5.00. The summed E-state index contributed by atoms with van der Waals surface area (Å²) in [6.07, 6.45) is 4.53. The summed E-state index contributed by atoms with van der Waals surface area (Å²) in [7, 11) is 0. The first-order valence-electron chi connectivity index (χ1n) is 7.11. The molecule has 0 spiro atoms. The smallest absolute Gasteiger partial charge is 0.0687 e. The predicted molar refractivity (Wildman–Crippen MR) is 69.9 cm³/mol. The van der Waals surface area contributed by atoms with Gasteiger partial charge in [0.25, 0.3) is 0 Å². The van der Waals surface area contributed by atoms with Crippen LogP contribution in [0, 0.1) is 17.8 Å². The second-order valence-corrected chi connectivity index (χ2v) is 7.34. The summed E-state index contributed by atoms with van der Waals surface area (Å²) in [4.78, 5) is 0. The molecule has 1 N–H and O–H groups in total. The van der Waals surface area contributed by atoms with Crippen molar-refractivity contribution >= 4 is 0 Å². The molecule has 0 aromatic heterocycles. The summed E-state index contributed by atoms with van der Waals surface area (Å²) in [6.45, 7) is 10.8. The summed E-state index contributed by atoms with van der Waals surface area (Å²) in [5, 5.41) is 10.7. The first-order valence-corrected chi connectivity index (χ1v) is 7.11. The van der Waals surface area contributed by atoms with E-state index < -0.39 is 0 Å². The fraction of sp³-hybridized carbons (Fsp3) is 1.00. The number of hydrogen-bond acceptors (Lipinski definition) is 2. The molecule has 4 unspecified atom stereocenters. The molecule has 1 saturated heterocycles. The van der Waals surface area contributed by atoms with Crippen molar-refractivity contribution in [2.45, 2.75) is 77.6 Å². The van der Waals surface area contributed by atoms with E-state index in [4.69, 9.17) is 4.74 Å². The van der Waals surface area contributed by atoms with Crippen molar-refractivity contribution in [3.05, 3.63) is 0 Å². The zero-order chi connectivity index (χ0) is 12.8. The Morgan fingerprint density at radius 2 is 1.82 bits per heavy atom. The van der Waals surface area contributed by atoms with E-state index in [1.807, 2.05) is 0 Å². The molecule has 2 aliphatic rings. The van der Waals surface area contributed by atoms with Gasteiger partial charge in [-0.3, -0.25) is 0 Å². The summed E-state index contributed by atoms with van der Waals surface area (Å²) in [5.41, 5.74) is -0.276. The average Bonchev–Trinajstić information content (AvgIpc) is 2.66. The van der Waals surface area contributed by atoms with Crippen LogP contribution in [0.5, 0.6) is 0 Å². The number of aliphatic hydroxyl groups excluding tert-OH is 1. The van der Waals surface area contributed by atoms with Crippen LogP contribution in [0.25, 0.3) is 0 Å². The van der Waals surface area contributed by atoms with Gasteiger partial charge in [-0.05, 0) is 52.4 Å². The summed E-state index contributed by atoms with van der Waals surface area (Å²) >= 11 is 0. The standard InChI is InChI=1S/C15H28O2/c1-10-7-6-8-11(10)13(16)12-9-14(2,3)17-15(12,4)5/h10-13,16H,6-9H2,1-5H3. The van der Waals surface area contributed by atoms with Gasteiger partial charge in [0.2, 0.25) is 0 Å². The van der Waals surface area contributed by atoms with Gasteiger partial charge in [0.05, 0.1) is 17.3 Å².